The summed E-state index contributed by atoms with van der Waals surface area (Å²) in [7, 11) is 1.57. The summed E-state index contributed by atoms with van der Waals surface area (Å²) in [5, 5.41) is 26.7. The fourth-order valence-corrected chi connectivity index (χ4v) is 5.18. The Bertz CT molecular complexity index is 876. The number of hydrogen-bond donors (Lipinski definition) is 3. The van der Waals surface area contributed by atoms with Gasteiger partial charge in [0.1, 0.15) is 10.8 Å². The molecule has 146 valence electrons. The normalized spacial score (nSPS) is 23.8. The molecule has 3 fully saturated rings. The number of amides is 1. The number of aromatic nitrogens is 2. The van der Waals surface area contributed by atoms with E-state index in [4.69, 9.17) is 0 Å². The number of fused-ring (bicyclic) bond motifs is 3. The van der Waals surface area contributed by atoms with Crippen LogP contribution in [0.25, 0.3) is 17.3 Å². The Labute approximate surface area is 168 Å². The number of phenolic OH excluding ortho intramolecular Hbond substituents is 1. The van der Waals surface area contributed by atoms with Crippen LogP contribution in [0, 0.1) is 5.92 Å². The molecule has 1 aromatic carbocycles. The molecule has 28 heavy (non-hydrogen) atoms. The van der Waals surface area contributed by atoms with E-state index in [9.17, 15) is 9.90 Å². The van der Waals surface area contributed by atoms with Crippen molar-refractivity contribution in [3.05, 3.63) is 42.0 Å². The first kappa shape index (κ1) is 19.0. The van der Waals surface area contributed by atoms with Gasteiger partial charge < -0.3 is 15.7 Å². The van der Waals surface area contributed by atoms with Crippen LogP contribution in [0.15, 0.2) is 41.4 Å². The summed E-state index contributed by atoms with van der Waals surface area (Å²) in [5.74, 6) is 0.643. The molecular formula is C21H24N4O2S. The summed E-state index contributed by atoms with van der Waals surface area (Å²) in [6.07, 6.45) is 6.87. The zero-order valence-corrected chi connectivity index (χ0v) is 16.6. The SMILES string of the molecule is CNC(=O)/C=C/c1ccc(-c2ccc(S[C@H]3C[C@@H]4CC[C@H]3CN4)nn2)c(O)c1. The number of benzene rings is 1. The van der Waals surface area contributed by atoms with Gasteiger partial charge in [-0.25, -0.2) is 0 Å². The maximum atomic E-state index is 11.3. The van der Waals surface area contributed by atoms with Crippen molar-refractivity contribution in [3.8, 4) is 17.0 Å². The molecule has 0 spiro atoms. The Balaban J connectivity index is 1.45. The molecule has 0 radical (unpaired) electrons. The summed E-state index contributed by atoms with van der Waals surface area (Å²) in [5.41, 5.74) is 2.00. The van der Waals surface area contributed by atoms with E-state index in [-0.39, 0.29) is 11.7 Å². The predicted molar refractivity (Wildman–Crippen MR) is 111 cm³/mol. The molecule has 1 aromatic heterocycles. The van der Waals surface area contributed by atoms with Gasteiger partial charge >= 0.3 is 0 Å². The van der Waals surface area contributed by atoms with Crippen molar-refractivity contribution in [2.24, 2.45) is 5.92 Å². The van der Waals surface area contributed by atoms with Gasteiger partial charge in [0.2, 0.25) is 5.91 Å². The van der Waals surface area contributed by atoms with Gasteiger partial charge in [0, 0.05) is 30.0 Å². The summed E-state index contributed by atoms with van der Waals surface area (Å²) in [6.45, 7) is 1.11. The van der Waals surface area contributed by atoms with Crippen LogP contribution in [0.1, 0.15) is 24.8 Å². The maximum absolute atomic E-state index is 11.3. The van der Waals surface area contributed by atoms with E-state index < -0.39 is 0 Å². The van der Waals surface area contributed by atoms with E-state index in [1.807, 2.05) is 30.0 Å². The molecule has 7 heteroatoms. The Morgan fingerprint density at radius 2 is 2.18 bits per heavy atom. The number of carbonyl (C=O) groups is 1. The number of aromatic hydroxyl groups is 1. The lowest BCUT2D eigenvalue weighted by molar-refractivity contribution is -0.115. The van der Waals surface area contributed by atoms with Crippen LogP contribution in [-0.4, -0.2) is 46.1 Å². The fraction of sp³-hybridized carbons (Fsp3) is 0.381. The number of thioether (sulfide) groups is 1. The average Bonchev–Trinajstić information content (AvgIpc) is 2.74. The molecule has 1 aliphatic carbocycles. The van der Waals surface area contributed by atoms with E-state index in [0.717, 1.165) is 23.1 Å². The predicted octanol–water partition coefficient (Wildman–Crippen LogP) is 2.84. The molecule has 5 rings (SSSR count). The highest BCUT2D eigenvalue weighted by atomic mass is 32.2. The lowest BCUT2D eigenvalue weighted by Gasteiger charge is -2.42. The molecule has 2 aliphatic heterocycles. The molecule has 2 aromatic rings. The van der Waals surface area contributed by atoms with Gasteiger partial charge in [0.25, 0.3) is 0 Å². The molecule has 1 saturated carbocycles. The van der Waals surface area contributed by atoms with Gasteiger partial charge in [-0.2, -0.15) is 0 Å². The van der Waals surface area contributed by atoms with Gasteiger partial charge in [-0.05, 0) is 67.6 Å². The fourth-order valence-electron chi connectivity index (χ4n) is 3.88. The van der Waals surface area contributed by atoms with E-state index in [0.29, 0.717) is 22.5 Å². The van der Waals surface area contributed by atoms with Gasteiger partial charge in [0.15, 0.2) is 0 Å². The first-order valence-corrected chi connectivity index (χ1v) is 10.5. The average molecular weight is 397 g/mol. The van der Waals surface area contributed by atoms with Crippen LogP contribution < -0.4 is 10.6 Å². The van der Waals surface area contributed by atoms with Crippen molar-refractivity contribution in [3.63, 3.8) is 0 Å². The van der Waals surface area contributed by atoms with Crippen LogP contribution in [-0.2, 0) is 4.79 Å². The van der Waals surface area contributed by atoms with E-state index in [2.05, 4.69) is 20.8 Å². The molecule has 3 aliphatic rings. The van der Waals surface area contributed by atoms with Crippen molar-refractivity contribution in [1.82, 2.24) is 20.8 Å². The molecule has 6 nitrogen and oxygen atoms in total. The Hall–Kier alpha value is -2.38. The monoisotopic (exact) mass is 396 g/mol. The highest BCUT2D eigenvalue weighted by Gasteiger charge is 2.36. The topological polar surface area (TPSA) is 87.1 Å². The first-order chi connectivity index (χ1) is 13.6. The molecule has 0 unspecified atom stereocenters. The highest BCUT2D eigenvalue weighted by molar-refractivity contribution is 7.99. The molecule has 2 bridgehead atoms. The molecule has 3 N–H and O–H groups in total. The van der Waals surface area contributed by atoms with Gasteiger partial charge in [-0.15, -0.1) is 22.0 Å². The number of piperidine rings is 2. The molecule has 3 atom stereocenters. The smallest absolute Gasteiger partial charge is 0.243 e. The lowest BCUT2D eigenvalue weighted by atomic mass is 9.81. The minimum absolute atomic E-state index is 0.115. The van der Waals surface area contributed by atoms with Crippen molar-refractivity contribution in [1.29, 1.82) is 0 Å². The van der Waals surface area contributed by atoms with Crippen LogP contribution in [0.3, 0.4) is 0 Å². The second-order valence-corrected chi connectivity index (χ2v) is 8.58. The molecular weight excluding hydrogens is 372 g/mol. The third kappa shape index (κ3) is 4.20. The minimum atomic E-state index is -0.190. The lowest BCUT2D eigenvalue weighted by Crippen LogP contribution is -2.50. The number of likely N-dealkylation sites (N-methyl/N-ethyl adjacent to an activating group) is 1. The summed E-state index contributed by atoms with van der Waals surface area (Å²) in [6, 6.07) is 9.80. The largest absolute Gasteiger partial charge is 0.507 e. The van der Waals surface area contributed by atoms with Gasteiger partial charge in [-0.3, -0.25) is 4.79 Å². The standard InChI is InChI=1S/C21H24N4O2S/c1-22-20(27)8-3-13-2-6-16(18(26)10-13)17-7-9-21(25-24-17)28-19-11-15-5-4-14(19)12-23-15/h2-3,6-10,14-15,19,23,26H,4-5,11-12H2,1H3,(H,22,27)/b8-3+/t14-,15-,19-/m0/s1. The maximum Gasteiger partial charge on any atom is 0.243 e. The Kier molecular flexibility index (Phi) is 5.64. The summed E-state index contributed by atoms with van der Waals surface area (Å²) in [4.78, 5) is 11.3. The van der Waals surface area contributed by atoms with Crippen molar-refractivity contribution in [2.75, 3.05) is 13.6 Å². The Morgan fingerprint density at radius 1 is 1.29 bits per heavy atom. The second-order valence-electron chi connectivity index (χ2n) is 7.32. The van der Waals surface area contributed by atoms with Gasteiger partial charge in [-0.1, -0.05) is 6.07 Å². The van der Waals surface area contributed by atoms with Crippen molar-refractivity contribution >= 4 is 23.7 Å². The van der Waals surface area contributed by atoms with Crippen LogP contribution in [0.2, 0.25) is 0 Å². The van der Waals surface area contributed by atoms with E-state index in [1.54, 1.807) is 25.3 Å². The van der Waals surface area contributed by atoms with Crippen molar-refractivity contribution in [2.45, 2.75) is 35.6 Å². The van der Waals surface area contributed by atoms with Crippen LogP contribution >= 0.6 is 11.8 Å². The number of nitrogens with one attached hydrogen (secondary N) is 2. The van der Waals surface area contributed by atoms with E-state index >= 15 is 0 Å². The minimum Gasteiger partial charge on any atom is -0.507 e. The number of carbonyl (C=O) groups excluding carboxylic acids is 1. The molecule has 2 saturated heterocycles. The zero-order valence-electron chi connectivity index (χ0n) is 15.8. The van der Waals surface area contributed by atoms with Crippen molar-refractivity contribution < 1.29 is 9.90 Å². The van der Waals surface area contributed by atoms with Crippen LogP contribution in [0.5, 0.6) is 5.75 Å². The second kappa shape index (κ2) is 8.32. The highest BCUT2D eigenvalue weighted by Crippen LogP contribution is 2.39. The number of hydrogen-bond acceptors (Lipinski definition) is 6. The zero-order chi connectivity index (χ0) is 19.5. The number of nitrogens with zero attached hydrogens (tertiary/aromatic N) is 2. The summed E-state index contributed by atoms with van der Waals surface area (Å²) >= 11 is 1.83. The van der Waals surface area contributed by atoms with E-state index in [1.165, 1.54) is 25.3 Å². The Morgan fingerprint density at radius 3 is 2.79 bits per heavy atom. The molecule has 1 amide bonds. The number of rotatable bonds is 5. The van der Waals surface area contributed by atoms with Crippen LogP contribution in [0.4, 0.5) is 0 Å². The summed E-state index contributed by atoms with van der Waals surface area (Å²) < 4.78 is 0. The molecule has 3 heterocycles. The third-order valence-corrected chi connectivity index (χ3v) is 6.82. The number of phenols is 1. The first-order valence-electron chi connectivity index (χ1n) is 9.59. The third-order valence-electron chi connectivity index (χ3n) is 5.48. The van der Waals surface area contributed by atoms with Gasteiger partial charge in [0.05, 0.1) is 5.69 Å². The quantitative estimate of drug-likeness (QED) is 0.674.